The van der Waals surface area contributed by atoms with E-state index < -0.39 is 11.5 Å². The van der Waals surface area contributed by atoms with E-state index in [1.54, 1.807) is 68.4 Å². The number of aryl methyl sites for hydroxylation is 1. The van der Waals surface area contributed by atoms with Crippen molar-refractivity contribution < 1.29 is 19.1 Å². The van der Waals surface area contributed by atoms with E-state index in [1.165, 1.54) is 4.57 Å². The summed E-state index contributed by atoms with van der Waals surface area (Å²) in [6, 6.07) is 12.2. The van der Waals surface area contributed by atoms with Crippen LogP contribution >= 0.6 is 11.6 Å². The molecule has 0 N–H and O–H groups in total. The van der Waals surface area contributed by atoms with Crippen LogP contribution in [0.15, 0.2) is 47.3 Å². The first kappa shape index (κ1) is 26.1. The lowest BCUT2D eigenvalue weighted by Gasteiger charge is -2.37. The van der Waals surface area contributed by atoms with Crippen molar-refractivity contribution in [2.75, 3.05) is 44.8 Å². The molecule has 0 atom stereocenters. The van der Waals surface area contributed by atoms with Crippen LogP contribution in [-0.4, -0.2) is 61.2 Å². The fourth-order valence-electron chi connectivity index (χ4n) is 4.27. The van der Waals surface area contributed by atoms with Crippen LogP contribution in [0.5, 0.6) is 5.75 Å². The first-order valence-corrected chi connectivity index (χ1v) is 11.4. The van der Waals surface area contributed by atoms with Gasteiger partial charge >= 0.3 is 5.97 Å². The van der Waals surface area contributed by atoms with E-state index in [0.29, 0.717) is 59.1 Å². The molecule has 0 saturated carbocycles. The van der Waals surface area contributed by atoms with Gasteiger partial charge in [-0.05, 0) is 49.4 Å². The minimum Gasteiger partial charge on any atom is -0.497 e. The Balaban J connectivity index is 0.00000342. The number of hydrogen-bond acceptors (Lipinski definition) is 6. The third-order valence-corrected chi connectivity index (χ3v) is 6.27. The summed E-state index contributed by atoms with van der Waals surface area (Å²) in [6.07, 6.45) is 0. The summed E-state index contributed by atoms with van der Waals surface area (Å²) in [6.45, 7) is 3.61. The quantitative estimate of drug-likeness (QED) is 0.494. The maximum atomic E-state index is 13.2. The Bertz CT molecular complexity index is 1300. The number of pyridine rings is 1. The zero-order chi connectivity index (χ0) is 24.4. The number of amides is 1. The van der Waals surface area contributed by atoms with E-state index >= 15 is 0 Å². The van der Waals surface area contributed by atoms with E-state index in [4.69, 9.17) is 21.1 Å². The summed E-state index contributed by atoms with van der Waals surface area (Å²) >= 11 is 6.29. The van der Waals surface area contributed by atoms with Crippen LogP contribution in [0.2, 0.25) is 5.02 Å². The molecule has 1 fully saturated rings. The number of nitrogens with zero attached hydrogens (tertiary/aromatic N) is 3. The first-order chi connectivity index (χ1) is 16.3. The van der Waals surface area contributed by atoms with Crippen LogP contribution < -0.4 is 15.2 Å². The normalized spacial score (nSPS) is 13.4. The number of hydrogen-bond donors (Lipinski definition) is 0. The predicted molar refractivity (Wildman–Crippen MR) is 138 cm³/mol. The molecule has 4 rings (SSSR count). The van der Waals surface area contributed by atoms with E-state index in [9.17, 15) is 14.4 Å². The maximum absolute atomic E-state index is 13.2. The van der Waals surface area contributed by atoms with Crippen molar-refractivity contribution in [2.24, 2.45) is 7.05 Å². The van der Waals surface area contributed by atoms with Crippen LogP contribution in [0, 0.1) is 0 Å². The average molecular weight is 500 g/mol. The molecule has 2 aromatic carbocycles. The van der Waals surface area contributed by atoms with Crippen molar-refractivity contribution in [3.05, 3.63) is 69.0 Å². The van der Waals surface area contributed by atoms with Gasteiger partial charge in [0.05, 0.1) is 24.9 Å². The maximum Gasteiger partial charge on any atom is 0.345 e. The third-order valence-electron chi connectivity index (χ3n) is 6.03. The molecule has 0 spiro atoms. The lowest BCUT2D eigenvalue weighted by atomic mass is 10.1. The molecule has 1 aliphatic heterocycles. The number of rotatable bonds is 5. The van der Waals surface area contributed by atoms with E-state index in [-0.39, 0.29) is 25.5 Å². The summed E-state index contributed by atoms with van der Waals surface area (Å²) in [7, 11) is 3.20. The number of ether oxygens (including phenoxy) is 2. The van der Waals surface area contributed by atoms with E-state index in [1.807, 2.05) is 4.90 Å². The largest absolute Gasteiger partial charge is 0.497 e. The molecule has 1 amide bonds. The number of halogens is 1. The Morgan fingerprint density at radius 2 is 1.69 bits per heavy atom. The summed E-state index contributed by atoms with van der Waals surface area (Å²) in [4.78, 5) is 42.7. The van der Waals surface area contributed by atoms with Crippen molar-refractivity contribution >= 4 is 40.1 Å². The molecule has 186 valence electrons. The molecule has 0 bridgehead atoms. The minimum atomic E-state index is -0.670. The van der Waals surface area contributed by atoms with Crippen LogP contribution in [0.3, 0.4) is 0 Å². The standard InChI is InChI=1S/C25H26ClN3O5.CH4/c1-4-34-25(32)21-22(19-15-17(26)7-10-20(19)27(2)24(21)31)28-11-13-29(14-12-28)23(30)16-5-8-18(33-3)9-6-16;/h5-10,15H,4,11-14H2,1-3H3;1H4. The zero-order valence-electron chi connectivity index (χ0n) is 19.3. The van der Waals surface area contributed by atoms with Gasteiger partial charge in [0, 0.05) is 49.2 Å². The molecule has 2 heterocycles. The van der Waals surface area contributed by atoms with Gasteiger partial charge in [0.1, 0.15) is 11.3 Å². The van der Waals surface area contributed by atoms with E-state index in [0.717, 1.165) is 0 Å². The van der Waals surface area contributed by atoms with Crippen molar-refractivity contribution in [3.63, 3.8) is 0 Å². The molecule has 0 radical (unpaired) electrons. The van der Waals surface area contributed by atoms with Gasteiger partial charge in [-0.3, -0.25) is 9.59 Å². The third kappa shape index (κ3) is 4.98. The monoisotopic (exact) mass is 499 g/mol. The molecule has 1 saturated heterocycles. The Morgan fingerprint density at radius 3 is 2.29 bits per heavy atom. The SMILES string of the molecule is C.CCOC(=O)c1c(N2CCN(C(=O)c3ccc(OC)cc3)CC2)c2cc(Cl)ccc2n(C)c1=O. The number of fused-ring (bicyclic) bond motifs is 1. The molecular formula is C26H30ClN3O5. The molecule has 35 heavy (non-hydrogen) atoms. The molecular weight excluding hydrogens is 470 g/mol. The predicted octanol–water partition coefficient (Wildman–Crippen LogP) is 3.98. The topological polar surface area (TPSA) is 81.1 Å². The highest BCUT2D eigenvalue weighted by Crippen LogP contribution is 2.32. The van der Waals surface area contributed by atoms with Gasteiger partial charge in [0.2, 0.25) is 0 Å². The van der Waals surface area contributed by atoms with Crippen LogP contribution in [0.1, 0.15) is 35.1 Å². The second-order valence-corrected chi connectivity index (χ2v) is 8.41. The van der Waals surface area contributed by atoms with Crippen molar-refractivity contribution in [3.8, 4) is 5.75 Å². The average Bonchev–Trinajstić information content (AvgIpc) is 2.85. The van der Waals surface area contributed by atoms with Crippen LogP contribution in [0.25, 0.3) is 10.9 Å². The zero-order valence-corrected chi connectivity index (χ0v) is 20.1. The van der Waals surface area contributed by atoms with Crippen LogP contribution in [0.4, 0.5) is 5.69 Å². The molecule has 9 heteroatoms. The van der Waals surface area contributed by atoms with Gasteiger partial charge in [-0.1, -0.05) is 19.0 Å². The fraction of sp³-hybridized carbons (Fsp3) is 0.346. The Kier molecular flexibility index (Phi) is 8.07. The van der Waals surface area contributed by atoms with Gasteiger partial charge in [-0.25, -0.2) is 4.79 Å². The molecule has 8 nitrogen and oxygen atoms in total. The highest BCUT2D eigenvalue weighted by atomic mass is 35.5. The number of benzene rings is 2. The summed E-state index contributed by atoms with van der Waals surface area (Å²) in [5, 5.41) is 1.18. The van der Waals surface area contributed by atoms with Gasteiger partial charge in [-0.2, -0.15) is 0 Å². The van der Waals surface area contributed by atoms with Gasteiger partial charge in [-0.15, -0.1) is 0 Å². The molecule has 0 aliphatic carbocycles. The Labute approximate surface area is 209 Å². The summed E-state index contributed by atoms with van der Waals surface area (Å²) in [5.41, 5.74) is 1.28. The summed E-state index contributed by atoms with van der Waals surface area (Å²) in [5.74, 6) is -0.0643. The smallest absolute Gasteiger partial charge is 0.345 e. The van der Waals surface area contributed by atoms with E-state index in [2.05, 4.69) is 0 Å². The lowest BCUT2D eigenvalue weighted by Crippen LogP contribution is -2.49. The number of anilines is 1. The number of methoxy groups -OCH3 is 1. The Hall–Kier alpha value is -3.52. The lowest BCUT2D eigenvalue weighted by molar-refractivity contribution is 0.0523. The number of esters is 1. The molecule has 1 aliphatic rings. The number of piperazine rings is 1. The second kappa shape index (κ2) is 10.8. The van der Waals surface area contributed by atoms with Crippen LogP contribution in [-0.2, 0) is 11.8 Å². The molecule has 3 aromatic rings. The van der Waals surface area contributed by atoms with Gasteiger partial charge < -0.3 is 23.8 Å². The van der Waals surface area contributed by atoms with Crippen molar-refractivity contribution in [2.45, 2.75) is 14.4 Å². The first-order valence-electron chi connectivity index (χ1n) is 11.0. The van der Waals surface area contributed by atoms with Crippen molar-refractivity contribution in [1.82, 2.24) is 9.47 Å². The summed E-state index contributed by atoms with van der Waals surface area (Å²) < 4.78 is 11.8. The number of carbonyl (C=O) groups is 2. The number of aromatic nitrogens is 1. The second-order valence-electron chi connectivity index (χ2n) is 7.98. The number of carbonyl (C=O) groups excluding carboxylic acids is 2. The van der Waals surface area contributed by atoms with Gasteiger partial charge in [0.25, 0.3) is 11.5 Å². The van der Waals surface area contributed by atoms with Gasteiger partial charge in [0.15, 0.2) is 0 Å². The molecule has 0 unspecified atom stereocenters. The highest BCUT2D eigenvalue weighted by Gasteiger charge is 2.30. The minimum absolute atomic E-state index is 0. The highest BCUT2D eigenvalue weighted by molar-refractivity contribution is 6.31. The van der Waals surface area contributed by atoms with Crippen molar-refractivity contribution in [1.29, 1.82) is 0 Å². The Morgan fingerprint density at radius 1 is 1.03 bits per heavy atom. The fourth-order valence-corrected chi connectivity index (χ4v) is 4.44. The molecule has 1 aromatic heterocycles.